The van der Waals surface area contributed by atoms with E-state index in [4.69, 9.17) is 15.0 Å². The van der Waals surface area contributed by atoms with Crippen LogP contribution in [-0.4, -0.2) is 47.4 Å². The van der Waals surface area contributed by atoms with Crippen molar-refractivity contribution < 1.29 is 9.26 Å². The van der Waals surface area contributed by atoms with Gasteiger partial charge in [-0.3, -0.25) is 4.90 Å². The number of nitrogens with two attached hydrogens (primary N) is 1. The van der Waals surface area contributed by atoms with Crippen molar-refractivity contribution in [1.29, 1.82) is 0 Å². The molecule has 2 rings (SSSR count). The summed E-state index contributed by atoms with van der Waals surface area (Å²) in [6, 6.07) is 0.327. The van der Waals surface area contributed by atoms with Crippen molar-refractivity contribution in [2.45, 2.75) is 51.3 Å². The van der Waals surface area contributed by atoms with Crippen molar-refractivity contribution in [1.82, 2.24) is 15.0 Å². The summed E-state index contributed by atoms with van der Waals surface area (Å²) in [6.07, 6.45) is 2.31. The second-order valence-corrected chi connectivity index (χ2v) is 5.44. The second kappa shape index (κ2) is 7.93. The minimum atomic E-state index is 0. The smallest absolute Gasteiger partial charge is 0.240 e. The first kappa shape index (κ1) is 17.4. The molecule has 0 saturated carbocycles. The number of halogens is 1. The van der Waals surface area contributed by atoms with Gasteiger partial charge >= 0.3 is 0 Å². The normalized spacial score (nSPS) is 23.9. The van der Waals surface area contributed by atoms with Gasteiger partial charge in [0.15, 0.2) is 5.82 Å². The Balaban J connectivity index is 0.00000200. The van der Waals surface area contributed by atoms with Crippen LogP contribution < -0.4 is 5.73 Å². The van der Waals surface area contributed by atoms with Crippen molar-refractivity contribution in [3.63, 3.8) is 0 Å². The van der Waals surface area contributed by atoms with Gasteiger partial charge < -0.3 is 15.0 Å². The van der Waals surface area contributed by atoms with E-state index in [2.05, 4.69) is 28.9 Å². The zero-order valence-electron chi connectivity index (χ0n) is 12.4. The van der Waals surface area contributed by atoms with Gasteiger partial charge in [0.1, 0.15) is 0 Å². The molecule has 1 saturated heterocycles. The van der Waals surface area contributed by atoms with Crippen molar-refractivity contribution >= 4 is 12.4 Å². The highest BCUT2D eigenvalue weighted by molar-refractivity contribution is 5.85. The number of hydrogen-bond donors (Lipinski definition) is 1. The largest absolute Gasteiger partial charge is 0.381 e. The Hall–Kier alpha value is -0.690. The lowest BCUT2D eigenvalue weighted by Crippen LogP contribution is -2.48. The van der Waals surface area contributed by atoms with Gasteiger partial charge in [-0.25, -0.2) is 0 Å². The summed E-state index contributed by atoms with van der Waals surface area (Å²) in [6.45, 7) is 6.38. The third-order valence-electron chi connectivity index (χ3n) is 3.73. The van der Waals surface area contributed by atoms with Gasteiger partial charge in [0.05, 0.1) is 12.6 Å². The number of aromatic nitrogens is 2. The van der Waals surface area contributed by atoms with Crippen LogP contribution in [0.25, 0.3) is 0 Å². The molecule has 1 fully saturated rings. The van der Waals surface area contributed by atoms with Crippen LogP contribution in [0.3, 0.4) is 0 Å². The fourth-order valence-corrected chi connectivity index (χ4v) is 2.47. The van der Waals surface area contributed by atoms with Crippen molar-refractivity contribution in [3.05, 3.63) is 11.7 Å². The number of ether oxygens (including phenoxy) is 1. The van der Waals surface area contributed by atoms with E-state index in [1.807, 2.05) is 0 Å². The van der Waals surface area contributed by atoms with E-state index in [1.165, 1.54) is 0 Å². The second-order valence-electron chi connectivity index (χ2n) is 5.44. The molecule has 0 amide bonds. The molecule has 0 bridgehead atoms. The van der Waals surface area contributed by atoms with Gasteiger partial charge in [0, 0.05) is 32.2 Å². The average Bonchev–Trinajstić information content (AvgIpc) is 2.88. The third-order valence-corrected chi connectivity index (χ3v) is 3.73. The Bertz CT molecular complexity index is 399. The van der Waals surface area contributed by atoms with Gasteiger partial charge in [0.2, 0.25) is 5.89 Å². The molecule has 20 heavy (non-hydrogen) atoms. The Morgan fingerprint density at radius 1 is 1.50 bits per heavy atom. The van der Waals surface area contributed by atoms with E-state index in [-0.39, 0.29) is 12.4 Å². The van der Waals surface area contributed by atoms with Crippen molar-refractivity contribution in [3.8, 4) is 0 Å². The summed E-state index contributed by atoms with van der Waals surface area (Å²) in [4.78, 5) is 6.73. The Morgan fingerprint density at radius 2 is 2.25 bits per heavy atom. The van der Waals surface area contributed by atoms with Crippen LogP contribution in [0, 0.1) is 0 Å². The van der Waals surface area contributed by atoms with Gasteiger partial charge in [0.25, 0.3) is 0 Å². The van der Waals surface area contributed by atoms with E-state index >= 15 is 0 Å². The fourth-order valence-electron chi connectivity index (χ4n) is 2.47. The standard InChI is InChI=1S/C13H24N4O2.ClH/c1-9(2)13-15-12(19-16-13)8-17-5-4-11(18-3)6-10(17)7-14;/h9-11H,4-8,14H2,1-3H3;1H. The highest BCUT2D eigenvalue weighted by atomic mass is 35.5. The maximum absolute atomic E-state index is 5.85. The molecule has 1 aliphatic rings. The lowest BCUT2D eigenvalue weighted by molar-refractivity contribution is 0.00676. The Morgan fingerprint density at radius 3 is 2.80 bits per heavy atom. The number of piperidine rings is 1. The first-order chi connectivity index (χ1) is 9.13. The molecular weight excluding hydrogens is 280 g/mol. The van der Waals surface area contributed by atoms with Crippen LogP contribution in [0.2, 0.25) is 0 Å². The van der Waals surface area contributed by atoms with Crippen LogP contribution >= 0.6 is 12.4 Å². The van der Waals surface area contributed by atoms with Crippen molar-refractivity contribution in [2.24, 2.45) is 5.73 Å². The molecule has 7 heteroatoms. The minimum absolute atomic E-state index is 0. The first-order valence-electron chi connectivity index (χ1n) is 6.93. The van der Waals surface area contributed by atoms with Crippen LogP contribution in [0.1, 0.15) is 44.3 Å². The zero-order chi connectivity index (χ0) is 13.8. The molecule has 1 aromatic rings. The summed E-state index contributed by atoms with van der Waals surface area (Å²) in [5.74, 6) is 1.74. The van der Waals surface area contributed by atoms with E-state index in [0.29, 0.717) is 37.0 Å². The Kier molecular flexibility index (Phi) is 6.88. The molecule has 1 aromatic heterocycles. The van der Waals surface area contributed by atoms with Gasteiger partial charge in [-0.15, -0.1) is 12.4 Å². The monoisotopic (exact) mass is 304 g/mol. The summed E-state index contributed by atoms with van der Waals surface area (Å²) in [5, 5.41) is 3.99. The maximum Gasteiger partial charge on any atom is 0.240 e. The maximum atomic E-state index is 5.85. The highest BCUT2D eigenvalue weighted by Gasteiger charge is 2.28. The molecule has 0 aliphatic carbocycles. The molecule has 6 nitrogen and oxygen atoms in total. The lowest BCUT2D eigenvalue weighted by atomic mass is 9.99. The van der Waals surface area contributed by atoms with Crippen LogP contribution in [-0.2, 0) is 11.3 Å². The molecule has 2 atom stereocenters. The molecule has 2 unspecified atom stereocenters. The number of rotatable bonds is 5. The molecular formula is C13H25ClN4O2. The summed E-state index contributed by atoms with van der Waals surface area (Å²) in [7, 11) is 1.76. The summed E-state index contributed by atoms with van der Waals surface area (Å²) in [5.41, 5.74) is 5.85. The minimum Gasteiger partial charge on any atom is -0.381 e. The van der Waals surface area contributed by atoms with Gasteiger partial charge in [-0.1, -0.05) is 19.0 Å². The quantitative estimate of drug-likeness (QED) is 0.889. The predicted molar refractivity (Wildman–Crippen MR) is 78.9 cm³/mol. The molecule has 116 valence electrons. The van der Waals surface area contributed by atoms with E-state index in [1.54, 1.807) is 7.11 Å². The van der Waals surface area contributed by atoms with E-state index in [9.17, 15) is 0 Å². The summed E-state index contributed by atoms with van der Waals surface area (Å²) >= 11 is 0. The number of methoxy groups -OCH3 is 1. The van der Waals surface area contributed by atoms with Crippen LogP contribution in [0.15, 0.2) is 4.52 Å². The summed E-state index contributed by atoms with van der Waals surface area (Å²) < 4.78 is 10.7. The van der Waals surface area contributed by atoms with E-state index in [0.717, 1.165) is 25.2 Å². The van der Waals surface area contributed by atoms with Crippen LogP contribution in [0.5, 0.6) is 0 Å². The molecule has 2 heterocycles. The number of nitrogens with zero attached hydrogens (tertiary/aromatic N) is 3. The van der Waals surface area contributed by atoms with Gasteiger partial charge in [-0.2, -0.15) is 4.98 Å². The predicted octanol–water partition coefficient (Wildman–Crippen LogP) is 1.55. The fraction of sp³-hybridized carbons (Fsp3) is 0.846. The molecule has 2 N–H and O–H groups in total. The Labute approximate surface area is 126 Å². The topological polar surface area (TPSA) is 77.4 Å². The van der Waals surface area contributed by atoms with Crippen LogP contribution in [0.4, 0.5) is 0 Å². The number of hydrogen-bond acceptors (Lipinski definition) is 6. The molecule has 1 aliphatic heterocycles. The molecule has 0 aromatic carbocycles. The van der Waals surface area contributed by atoms with E-state index < -0.39 is 0 Å². The molecule has 0 radical (unpaired) electrons. The lowest BCUT2D eigenvalue weighted by Gasteiger charge is -2.37. The van der Waals surface area contributed by atoms with Gasteiger partial charge in [-0.05, 0) is 12.8 Å². The third kappa shape index (κ3) is 4.15. The average molecular weight is 305 g/mol. The number of likely N-dealkylation sites (tertiary alicyclic amines) is 1. The zero-order valence-corrected chi connectivity index (χ0v) is 13.2. The highest BCUT2D eigenvalue weighted by Crippen LogP contribution is 2.21. The first-order valence-corrected chi connectivity index (χ1v) is 6.93. The SMILES string of the molecule is COC1CCN(Cc2nc(C(C)C)no2)C(CN)C1.Cl. The van der Waals surface area contributed by atoms with Crippen molar-refractivity contribution in [2.75, 3.05) is 20.2 Å². The molecule has 0 spiro atoms.